The molecule has 3 N–H and O–H groups in total. The molecule has 0 aromatic heterocycles. The number of hydrogen-bond acceptors (Lipinski definition) is 4. The molecule has 7 nitrogen and oxygen atoms in total. The van der Waals surface area contributed by atoms with E-state index < -0.39 is 24.0 Å². The second-order valence-corrected chi connectivity index (χ2v) is 6.24. The maximum atomic E-state index is 12.8. The van der Waals surface area contributed by atoms with Crippen LogP contribution in [0.2, 0.25) is 0 Å². The van der Waals surface area contributed by atoms with Crippen LogP contribution in [-0.2, 0) is 20.8 Å². The Kier molecular flexibility index (Phi) is 7.42. The standard InChI is InChI=1S/C18H26N2O5/c1-5-11(2)16(19-12(3)21)17(23)20(4)15(18(24)25)10-13-6-8-14(22)9-7-13/h6-9,11,15-16,22H,5,10H2,1-4H3,(H,19,21)(H,24,25)/t11-,15+,16+/m1/s1. The fourth-order valence-electron chi connectivity index (χ4n) is 2.52. The number of aromatic hydroxyl groups is 1. The third-order valence-electron chi connectivity index (χ3n) is 4.30. The molecule has 138 valence electrons. The highest BCUT2D eigenvalue weighted by atomic mass is 16.4. The summed E-state index contributed by atoms with van der Waals surface area (Å²) in [4.78, 5) is 37.0. The topological polar surface area (TPSA) is 107 Å². The van der Waals surface area contributed by atoms with Gasteiger partial charge in [-0.15, -0.1) is 0 Å². The van der Waals surface area contributed by atoms with Crippen molar-refractivity contribution in [3.8, 4) is 5.75 Å². The molecule has 1 aromatic carbocycles. The second-order valence-electron chi connectivity index (χ2n) is 6.24. The molecule has 0 saturated heterocycles. The van der Waals surface area contributed by atoms with Gasteiger partial charge in [0.15, 0.2) is 0 Å². The first kappa shape index (κ1) is 20.5. The highest BCUT2D eigenvalue weighted by Gasteiger charge is 2.33. The average Bonchev–Trinajstić information content (AvgIpc) is 2.56. The van der Waals surface area contributed by atoms with E-state index in [0.717, 1.165) is 0 Å². The highest BCUT2D eigenvalue weighted by Crippen LogP contribution is 2.16. The van der Waals surface area contributed by atoms with E-state index >= 15 is 0 Å². The van der Waals surface area contributed by atoms with E-state index in [0.29, 0.717) is 12.0 Å². The minimum atomic E-state index is -1.13. The van der Waals surface area contributed by atoms with E-state index in [1.54, 1.807) is 12.1 Å². The van der Waals surface area contributed by atoms with Crippen LogP contribution in [0.25, 0.3) is 0 Å². The van der Waals surface area contributed by atoms with Gasteiger partial charge < -0.3 is 20.4 Å². The smallest absolute Gasteiger partial charge is 0.326 e. The molecule has 0 unspecified atom stereocenters. The highest BCUT2D eigenvalue weighted by molar-refractivity contribution is 5.90. The summed E-state index contributed by atoms with van der Waals surface area (Å²) in [5, 5.41) is 21.5. The zero-order chi connectivity index (χ0) is 19.1. The largest absolute Gasteiger partial charge is 0.508 e. The number of rotatable bonds is 8. The molecule has 3 atom stereocenters. The zero-order valence-electron chi connectivity index (χ0n) is 15.0. The number of nitrogens with one attached hydrogen (secondary N) is 1. The third-order valence-corrected chi connectivity index (χ3v) is 4.30. The lowest BCUT2D eigenvalue weighted by Crippen LogP contribution is -2.54. The lowest BCUT2D eigenvalue weighted by molar-refractivity contribution is -0.150. The molecule has 0 spiro atoms. The maximum Gasteiger partial charge on any atom is 0.326 e. The molecule has 0 bridgehead atoms. The monoisotopic (exact) mass is 350 g/mol. The van der Waals surface area contributed by atoms with Crippen LogP contribution < -0.4 is 5.32 Å². The van der Waals surface area contributed by atoms with Gasteiger partial charge in [0, 0.05) is 20.4 Å². The molecular formula is C18H26N2O5. The fraction of sp³-hybridized carbons (Fsp3) is 0.500. The Hall–Kier alpha value is -2.57. The van der Waals surface area contributed by atoms with E-state index in [1.807, 2.05) is 13.8 Å². The van der Waals surface area contributed by atoms with Crippen molar-refractivity contribution in [2.24, 2.45) is 5.92 Å². The lowest BCUT2D eigenvalue weighted by atomic mass is 9.96. The molecule has 0 aliphatic heterocycles. The van der Waals surface area contributed by atoms with Gasteiger partial charge in [0.25, 0.3) is 0 Å². The van der Waals surface area contributed by atoms with Crippen LogP contribution in [-0.4, -0.2) is 52.0 Å². The van der Waals surface area contributed by atoms with Crippen molar-refractivity contribution in [3.05, 3.63) is 29.8 Å². The fourth-order valence-corrected chi connectivity index (χ4v) is 2.52. The number of amides is 2. The van der Waals surface area contributed by atoms with Gasteiger partial charge in [0.2, 0.25) is 11.8 Å². The molecule has 2 amide bonds. The van der Waals surface area contributed by atoms with Gasteiger partial charge in [-0.1, -0.05) is 32.4 Å². The molecule has 0 heterocycles. The number of likely N-dealkylation sites (N-methyl/N-ethyl adjacent to an activating group) is 1. The van der Waals surface area contributed by atoms with Crippen LogP contribution in [0.5, 0.6) is 5.75 Å². The number of carboxylic acids is 1. The first-order valence-corrected chi connectivity index (χ1v) is 8.21. The van der Waals surface area contributed by atoms with Crippen molar-refractivity contribution in [1.29, 1.82) is 0 Å². The van der Waals surface area contributed by atoms with Crippen molar-refractivity contribution < 1.29 is 24.6 Å². The Labute approximate surface area is 147 Å². The molecule has 0 aliphatic rings. The maximum absolute atomic E-state index is 12.8. The number of carboxylic acid groups (broad SMARTS) is 1. The van der Waals surface area contributed by atoms with Gasteiger partial charge in [0.05, 0.1) is 0 Å². The predicted octanol–water partition coefficient (Wildman–Crippen LogP) is 1.40. The summed E-state index contributed by atoms with van der Waals surface area (Å²) in [6.45, 7) is 5.06. The van der Waals surface area contributed by atoms with E-state index in [4.69, 9.17) is 0 Å². The Morgan fingerprint density at radius 3 is 2.20 bits per heavy atom. The molecule has 0 aliphatic carbocycles. The summed E-state index contributed by atoms with van der Waals surface area (Å²) < 4.78 is 0. The third kappa shape index (κ3) is 5.77. The molecule has 0 radical (unpaired) electrons. The first-order valence-electron chi connectivity index (χ1n) is 8.21. The number of phenolic OH excluding ortho intramolecular Hbond substituents is 1. The first-order chi connectivity index (χ1) is 11.7. The van der Waals surface area contributed by atoms with Gasteiger partial charge in [0.1, 0.15) is 17.8 Å². The summed E-state index contributed by atoms with van der Waals surface area (Å²) in [7, 11) is 1.43. The molecule has 0 fully saturated rings. The van der Waals surface area contributed by atoms with Gasteiger partial charge in [-0.2, -0.15) is 0 Å². The van der Waals surface area contributed by atoms with Gasteiger partial charge in [-0.25, -0.2) is 4.79 Å². The number of carbonyl (C=O) groups excluding carboxylic acids is 2. The van der Waals surface area contributed by atoms with Crippen LogP contribution in [0.15, 0.2) is 24.3 Å². The minimum Gasteiger partial charge on any atom is -0.508 e. The average molecular weight is 350 g/mol. The Bertz CT molecular complexity index is 614. The normalized spacial score (nSPS) is 14.2. The quantitative estimate of drug-likeness (QED) is 0.657. The molecule has 1 rings (SSSR count). The van der Waals surface area contributed by atoms with Crippen molar-refractivity contribution in [3.63, 3.8) is 0 Å². The number of phenols is 1. The molecule has 25 heavy (non-hydrogen) atoms. The van der Waals surface area contributed by atoms with Crippen LogP contribution in [0.4, 0.5) is 0 Å². The number of benzene rings is 1. The van der Waals surface area contributed by atoms with Gasteiger partial charge in [-0.3, -0.25) is 9.59 Å². The Morgan fingerprint density at radius 1 is 1.20 bits per heavy atom. The van der Waals surface area contributed by atoms with Crippen LogP contribution >= 0.6 is 0 Å². The molecule has 1 aromatic rings. The van der Waals surface area contributed by atoms with Gasteiger partial charge >= 0.3 is 5.97 Å². The summed E-state index contributed by atoms with van der Waals surface area (Å²) >= 11 is 0. The SMILES string of the molecule is CC[C@@H](C)[C@H](NC(C)=O)C(=O)N(C)[C@@H](Cc1ccc(O)cc1)C(=O)O. The lowest BCUT2D eigenvalue weighted by Gasteiger charge is -2.31. The Balaban J connectivity index is 3.00. The van der Waals surface area contributed by atoms with Crippen LogP contribution in [0.3, 0.4) is 0 Å². The van der Waals surface area contributed by atoms with E-state index in [1.165, 1.54) is 31.0 Å². The predicted molar refractivity (Wildman–Crippen MR) is 93.1 cm³/mol. The number of nitrogens with zero attached hydrogens (tertiary/aromatic N) is 1. The van der Waals surface area contributed by atoms with Crippen molar-refractivity contribution in [1.82, 2.24) is 10.2 Å². The summed E-state index contributed by atoms with van der Waals surface area (Å²) in [6, 6.07) is 4.32. The van der Waals surface area contributed by atoms with Crippen molar-refractivity contribution >= 4 is 17.8 Å². The van der Waals surface area contributed by atoms with Gasteiger partial charge in [-0.05, 0) is 23.6 Å². The van der Waals surface area contributed by atoms with Crippen molar-refractivity contribution in [2.75, 3.05) is 7.05 Å². The molecule has 0 saturated carbocycles. The summed E-state index contributed by atoms with van der Waals surface area (Å²) in [5.41, 5.74) is 0.685. The number of hydrogen-bond donors (Lipinski definition) is 3. The van der Waals surface area contributed by atoms with E-state index in [9.17, 15) is 24.6 Å². The van der Waals surface area contributed by atoms with Crippen LogP contribution in [0, 0.1) is 5.92 Å². The number of carbonyl (C=O) groups is 3. The molecule has 7 heteroatoms. The van der Waals surface area contributed by atoms with E-state index in [-0.39, 0.29) is 24.0 Å². The minimum absolute atomic E-state index is 0.0857. The number of aliphatic carboxylic acids is 1. The summed E-state index contributed by atoms with van der Waals surface area (Å²) in [5.74, 6) is -1.94. The molecular weight excluding hydrogens is 324 g/mol. The van der Waals surface area contributed by atoms with Crippen LogP contribution in [0.1, 0.15) is 32.8 Å². The second kappa shape index (κ2) is 9.05. The van der Waals surface area contributed by atoms with E-state index in [2.05, 4.69) is 5.32 Å². The van der Waals surface area contributed by atoms with Crippen molar-refractivity contribution in [2.45, 2.75) is 45.7 Å². The zero-order valence-corrected chi connectivity index (χ0v) is 15.0. The Morgan fingerprint density at radius 2 is 1.76 bits per heavy atom. The summed E-state index contributed by atoms with van der Waals surface area (Å²) in [6.07, 6.45) is 0.769.